The molecule has 21 heavy (non-hydrogen) atoms. The molecule has 0 aliphatic rings. The van der Waals surface area contributed by atoms with E-state index >= 15 is 0 Å². The Balaban J connectivity index is 1.86. The van der Waals surface area contributed by atoms with Crippen molar-refractivity contribution in [2.24, 2.45) is 0 Å². The molecule has 0 fully saturated rings. The van der Waals surface area contributed by atoms with Gasteiger partial charge in [0.15, 0.2) is 0 Å². The van der Waals surface area contributed by atoms with Crippen LogP contribution in [0, 0.1) is 0 Å². The van der Waals surface area contributed by atoms with Crippen LogP contribution in [-0.4, -0.2) is 20.2 Å². The van der Waals surface area contributed by atoms with E-state index in [0.717, 1.165) is 10.0 Å². The molecule has 2 aromatic heterocycles. The predicted molar refractivity (Wildman–Crippen MR) is 77.7 cm³/mol. The van der Waals surface area contributed by atoms with Crippen LogP contribution in [0.3, 0.4) is 0 Å². The second-order valence-corrected chi connectivity index (χ2v) is 4.94. The number of aliphatic hydroxyl groups excluding tert-OH is 1. The Hall–Kier alpha value is -2.25. The number of pyridine rings is 1. The highest BCUT2D eigenvalue weighted by Crippen LogP contribution is 2.31. The van der Waals surface area contributed by atoms with Gasteiger partial charge >= 0.3 is 0 Å². The number of nitrogens with zero attached hydrogens (tertiary/aromatic N) is 3. The molecule has 1 aromatic carbocycles. The fourth-order valence-corrected chi connectivity index (χ4v) is 2.23. The van der Waals surface area contributed by atoms with Crippen LogP contribution < -0.4 is 4.74 Å². The van der Waals surface area contributed by atoms with Gasteiger partial charge in [0.2, 0.25) is 11.7 Å². The fourth-order valence-electron chi connectivity index (χ4n) is 1.70. The number of rotatable bonds is 4. The van der Waals surface area contributed by atoms with Gasteiger partial charge in [-0.15, -0.1) is 0 Å². The number of ether oxygens (including phenoxy) is 1. The monoisotopic (exact) mass is 347 g/mol. The lowest BCUT2D eigenvalue weighted by atomic mass is 10.2. The lowest BCUT2D eigenvalue weighted by Gasteiger charge is -2.06. The van der Waals surface area contributed by atoms with Crippen LogP contribution in [0.25, 0.3) is 11.4 Å². The minimum absolute atomic E-state index is 0.172. The van der Waals surface area contributed by atoms with Gasteiger partial charge in [-0.05, 0) is 40.2 Å². The van der Waals surface area contributed by atoms with Crippen molar-refractivity contribution in [3.05, 3.63) is 53.0 Å². The molecule has 1 N–H and O–H groups in total. The third kappa shape index (κ3) is 3.09. The molecule has 0 saturated carbocycles. The van der Waals surface area contributed by atoms with Crippen LogP contribution in [0.1, 0.15) is 5.89 Å². The van der Waals surface area contributed by atoms with Crippen LogP contribution >= 0.6 is 15.9 Å². The van der Waals surface area contributed by atoms with Crippen molar-refractivity contribution in [2.75, 3.05) is 0 Å². The number of benzene rings is 1. The van der Waals surface area contributed by atoms with E-state index in [4.69, 9.17) is 14.4 Å². The largest absolute Gasteiger partial charge is 0.439 e. The summed E-state index contributed by atoms with van der Waals surface area (Å²) in [6.07, 6.45) is 1.66. The summed E-state index contributed by atoms with van der Waals surface area (Å²) in [5.74, 6) is 1.72. The van der Waals surface area contributed by atoms with E-state index in [9.17, 15) is 0 Å². The summed E-state index contributed by atoms with van der Waals surface area (Å²) in [6, 6.07) is 10.8. The van der Waals surface area contributed by atoms with Gasteiger partial charge in [-0.1, -0.05) is 11.2 Å². The summed E-state index contributed by atoms with van der Waals surface area (Å²) in [6.45, 7) is -0.286. The fraction of sp³-hybridized carbons (Fsp3) is 0.0714. The molecule has 0 spiro atoms. The molecule has 0 aliphatic carbocycles. The number of hydrogen-bond acceptors (Lipinski definition) is 6. The van der Waals surface area contributed by atoms with Gasteiger partial charge in [0.25, 0.3) is 5.89 Å². The minimum Gasteiger partial charge on any atom is -0.439 e. The van der Waals surface area contributed by atoms with E-state index in [1.165, 1.54) is 0 Å². The molecule has 106 valence electrons. The summed E-state index contributed by atoms with van der Waals surface area (Å²) in [5, 5.41) is 12.7. The average molecular weight is 348 g/mol. The van der Waals surface area contributed by atoms with Gasteiger partial charge in [0, 0.05) is 22.3 Å². The third-order valence-electron chi connectivity index (χ3n) is 2.64. The second-order valence-electron chi connectivity index (χ2n) is 4.08. The Morgan fingerprint density at radius 1 is 1.24 bits per heavy atom. The number of aromatic nitrogens is 3. The smallest absolute Gasteiger partial charge is 0.252 e. The molecule has 3 rings (SSSR count). The van der Waals surface area contributed by atoms with E-state index in [1.807, 2.05) is 12.1 Å². The molecule has 0 amide bonds. The van der Waals surface area contributed by atoms with Crippen LogP contribution in [0.4, 0.5) is 0 Å². The first kappa shape index (κ1) is 13.7. The maximum Gasteiger partial charge on any atom is 0.252 e. The van der Waals surface area contributed by atoms with Crippen molar-refractivity contribution < 1.29 is 14.4 Å². The van der Waals surface area contributed by atoms with Gasteiger partial charge < -0.3 is 14.4 Å². The molecular formula is C14H10BrN3O3. The number of aliphatic hydroxyl groups is 1. The zero-order chi connectivity index (χ0) is 14.7. The molecule has 7 heteroatoms. The quantitative estimate of drug-likeness (QED) is 0.780. The first-order chi connectivity index (χ1) is 10.3. The van der Waals surface area contributed by atoms with Gasteiger partial charge in [0.05, 0.1) is 0 Å². The van der Waals surface area contributed by atoms with Crippen molar-refractivity contribution in [3.8, 4) is 23.0 Å². The van der Waals surface area contributed by atoms with Crippen molar-refractivity contribution in [1.29, 1.82) is 0 Å². The minimum atomic E-state index is -0.286. The second kappa shape index (κ2) is 6.02. The Labute approximate surface area is 128 Å². The lowest BCUT2D eigenvalue weighted by molar-refractivity contribution is 0.222. The van der Waals surface area contributed by atoms with Crippen LogP contribution in [0.15, 0.2) is 51.6 Å². The zero-order valence-electron chi connectivity index (χ0n) is 10.7. The van der Waals surface area contributed by atoms with E-state index in [0.29, 0.717) is 17.5 Å². The van der Waals surface area contributed by atoms with Crippen molar-refractivity contribution in [3.63, 3.8) is 0 Å². The van der Waals surface area contributed by atoms with Crippen molar-refractivity contribution in [1.82, 2.24) is 15.1 Å². The van der Waals surface area contributed by atoms with Crippen LogP contribution in [0.2, 0.25) is 0 Å². The molecule has 0 aliphatic heterocycles. The van der Waals surface area contributed by atoms with Crippen LogP contribution in [-0.2, 0) is 6.61 Å². The standard InChI is InChI=1S/C14H10BrN3O3/c15-11-7-9(20-12-3-1-2-6-16-12)4-5-10(11)14-17-13(8-19)21-18-14/h1-7,19H,8H2. The topological polar surface area (TPSA) is 81.3 Å². The molecule has 0 atom stereocenters. The van der Waals surface area contributed by atoms with Crippen LogP contribution in [0.5, 0.6) is 11.6 Å². The van der Waals surface area contributed by atoms with E-state index in [2.05, 4.69) is 31.1 Å². The highest BCUT2D eigenvalue weighted by molar-refractivity contribution is 9.10. The Kier molecular flexibility index (Phi) is 3.94. The number of hydrogen-bond donors (Lipinski definition) is 1. The Morgan fingerprint density at radius 3 is 2.81 bits per heavy atom. The lowest BCUT2D eigenvalue weighted by Crippen LogP contribution is -1.89. The number of halogens is 1. The predicted octanol–water partition coefficient (Wildman–Crippen LogP) is 3.18. The first-order valence-corrected chi connectivity index (χ1v) is 6.88. The van der Waals surface area contributed by atoms with Gasteiger partial charge in [0.1, 0.15) is 12.4 Å². The summed E-state index contributed by atoms with van der Waals surface area (Å²) in [7, 11) is 0. The summed E-state index contributed by atoms with van der Waals surface area (Å²) in [4.78, 5) is 8.16. The van der Waals surface area contributed by atoms with E-state index in [1.54, 1.807) is 30.5 Å². The van der Waals surface area contributed by atoms with Crippen molar-refractivity contribution in [2.45, 2.75) is 6.61 Å². The maximum absolute atomic E-state index is 8.94. The molecule has 0 saturated heterocycles. The highest BCUT2D eigenvalue weighted by atomic mass is 79.9. The third-order valence-corrected chi connectivity index (χ3v) is 3.30. The Bertz CT molecular complexity index is 746. The van der Waals surface area contributed by atoms with E-state index in [-0.39, 0.29) is 12.5 Å². The average Bonchev–Trinajstić information content (AvgIpc) is 2.97. The summed E-state index contributed by atoms with van der Waals surface area (Å²) in [5.41, 5.74) is 0.742. The molecular weight excluding hydrogens is 338 g/mol. The van der Waals surface area contributed by atoms with Crippen molar-refractivity contribution >= 4 is 15.9 Å². The molecule has 0 unspecified atom stereocenters. The molecule has 2 heterocycles. The van der Waals surface area contributed by atoms with Gasteiger partial charge in [-0.2, -0.15) is 4.98 Å². The SMILES string of the molecule is OCc1nc(-c2ccc(Oc3ccccn3)cc2Br)no1. The zero-order valence-corrected chi connectivity index (χ0v) is 12.3. The first-order valence-electron chi connectivity index (χ1n) is 6.08. The summed E-state index contributed by atoms with van der Waals surface area (Å²) < 4.78 is 11.3. The normalized spacial score (nSPS) is 10.6. The summed E-state index contributed by atoms with van der Waals surface area (Å²) >= 11 is 3.44. The molecule has 0 radical (unpaired) electrons. The molecule has 3 aromatic rings. The maximum atomic E-state index is 8.94. The van der Waals surface area contributed by atoms with Gasteiger partial charge in [-0.3, -0.25) is 0 Å². The van der Waals surface area contributed by atoms with Gasteiger partial charge in [-0.25, -0.2) is 4.98 Å². The molecule has 6 nitrogen and oxygen atoms in total. The molecule has 0 bridgehead atoms. The van der Waals surface area contributed by atoms with E-state index < -0.39 is 0 Å². The highest BCUT2D eigenvalue weighted by Gasteiger charge is 2.12. The Morgan fingerprint density at radius 2 is 2.14 bits per heavy atom.